The van der Waals surface area contributed by atoms with Crippen molar-refractivity contribution in [3.05, 3.63) is 70.9 Å². The number of hydrogen-bond acceptors (Lipinski definition) is 6. The average Bonchev–Trinajstić information content (AvgIpc) is 2.87. The lowest BCUT2D eigenvalue weighted by molar-refractivity contribution is 0.205. The molecule has 2 aromatic carbocycles. The maximum atomic E-state index is 13.9. The molecule has 0 aliphatic carbocycles. The molecule has 3 aromatic rings. The number of piperazine rings is 1. The lowest BCUT2D eigenvalue weighted by Crippen LogP contribution is -2.45. The number of amides is 2. The molecule has 3 heterocycles. The van der Waals surface area contributed by atoms with Crippen LogP contribution < -0.4 is 15.0 Å². The molecule has 1 aromatic heterocycles. The molecular formula is C26H28F2N6O2. The van der Waals surface area contributed by atoms with E-state index in [2.05, 4.69) is 27.1 Å². The maximum absolute atomic E-state index is 13.9. The summed E-state index contributed by atoms with van der Waals surface area (Å²) >= 11 is 0. The van der Waals surface area contributed by atoms with Gasteiger partial charge in [0.25, 0.3) is 0 Å². The van der Waals surface area contributed by atoms with Gasteiger partial charge in [-0.05, 0) is 38.2 Å². The summed E-state index contributed by atoms with van der Waals surface area (Å²) in [4.78, 5) is 28.5. The summed E-state index contributed by atoms with van der Waals surface area (Å²) in [6, 6.07) is 10.7. The van der Waals surface area contributed by atoms with Crippen molar-refractivity contribution < 1.29 is 18.3 Å². The van der Waals surface area contributed by atoms with E-state index in [-0.39, 0.29) is 24.2 Å². The van der Waals surface area contributed by atoms with Gasteiger partial charge in [0.2, 0.25) is 11.8 Å². The number of aromatic nitrogens is 2. The minimum Gasteiger partial charge on any atom is -0.438 e. The first-order valence-electron chi connectivity index (χ1n) is 11.9. The van der Waals surface area contributed by atoms with Gasteiger partial charge < -0.3 is 24.8 Å². The Bertz CT molecular complexity index is 1260. The molecule has 0 bridgehead atoms. The minimum atomic E-state index is -1.01. The highest BCUT2D eigenvalue weighted by Crippen LogP contribution is 2.32. The Hall–Kier alpha value is -3.79. The van der Waals surface area contributed by atoms with E-state index in [0.717, 1.165) is 49.6 Å². The molecule has 0 radical (unpaired) electrons. The molecule has 188 valence electrons. The molecule has 0 spiro atoms. The molecule has 2 aliphatic heterocycles. The second-order valence-electron chi connectivity index (χ2n) is 9.19. The molecule has 1 N–H and O–H groups in total. The number of likely N-dealkylation sites (N-methyl/N-ethyl adjacent to an activating group) is 1. The fraction of sp³-hybridized carbons (Fsp3) is 0.346. The number of aryl methyl sites for hydroxylation is 1. The van der Waals surface area contributed by atoms with Gasteiger partial charge >= 0.3 is 6.03 Å². The summed E-state index contributed by atoms with van der Waals surface area (Å²) in [5, 5.41) is 2.92. The van der Waals surface area contributed by atoms with Crippen LogP contribution in [0, 0.1) is 18.6 Å². The van der Waals surface area contributed by atoms with Crippen LogP contribution in [0.2, 0.25) is 0 Å². The Balaban J connectivity index is 1.43. The van der Waals surface area contributed by atoms with Crippen molar-refractivity contribution >= 4 is 17.7 Å². The molecule has 1 fully saturated rings. The lowest BCUT2D eigenvalue weighted by Gasteiger charge is -2.34. The van der Waals surface area contributed by atoms with Gasteiger partial charge in [0, 0.05) is 50.9 Å². The van der Waals surface area contributed by atoms with Gasteiger partial charge in [-0.1, -0.05) is 17.7 Å². The van der Waals surface area contributed by atoms with E-state index in [1.807, 2.05) is 31.2 Å². The Morgan fingerprint density at radius 2 is 1.72 bits per heavy atom. The van der Waals surface area contributed by atoms with Crippen LogP contribution in [0.5, 0.6) is 11.6 Å². The smallest absolute Gasteiger partial charge is 0.322 e. The van der Waals surface area contributed by atoms with Crippen molar-refractivity contribution in [2.45, 2.75) is 19.9 Å². The fourth-order valence-corrected chi connectivity index (χ4v) is 4.27. The Morgan fingerprint density at radius 3 is 2.44 bits per heavy atom. The molecule has 10 heteroatoms. The molecule has 0 atom stereocenters. The van der Waals surface area contributed by atoms with E-state index < -0.39 is 11.6 Å². The Labute approximate surface area is 208 Å². The highest BCUT2D eigenvalue weighted by molar-refractivity contribution is 5.89. The average molecular weight is 495 g/mol. The van der Waals surface area contributed by atoms with Crippen LogP contribution in [0.25, 0.3) is 0 Å². The topological polar surface area (TPSA) is 73.8 Å². The van der Waals surface area contributed by atoms with Gasteiger partial charge in [0.05, 0.1) is 17.8 Å². The Morgan fingerprint density at radius 1 is 0.972 bits per heavy atom. The predicted octanol–water partition coefficient (Wildman–Crippen LogP) is 4.20. The van der Waals surface area contributed by atoms with Gasteiger partial charge in [0.15, 0.2) is 11.6 Å². The van der Waals surface area contributed by atoms with Crippen LogP contribution in [0.4, 0.5) is 25.2 Å². The van der Waals surface area contributed by atoms with Gasteiger partial charge in [0.1, 0.15) is 5.75 Å². The maximum Gasteiger partial charge on any atom is 0.322 e. The predicted molar refractivity (Wildman–Crippen MR) is 132 cm³/mol. The van der Waals surface area contributed by atoms with E-state index in [1.165, 1.54) is 6.07 Å². The second-order valence-corrected chi connectivity index (χ2v) is 9.19. The number of anilines is 2. The quantitative estimate of drug-likeness (QED) is 0.586. The van der Waals surface area contributed by atoms with E-state index in [0.29, 0.717) is 30.2 Å². The molecule has 0 unspecified atom stereocenters. The van der Waals surface area contributed by atoms with Crippen LogP contribution in [0.15, 0.2) is 42.5 Å². The van der Waals surface area contributed by atoms with Gasteiger partial charge in [-0.3, -0.25) is 0 Å². The monoisotopic (exact) mass is 494 g/mol. The van der Waals surface area contributed by atoms with Crippen LogP contribution in [0.1, 0.15) is 16.8 Å². The van der Waals surface area contributed by atoms with Gasteiger partial charge in [-0.2, -0.15) is 4.98 Å². The second kappa shape index (κ2) is 10.1. The zero-order valence-corrected chi connectivity index (χ0v) is 20.3. The van der Waals surface area contributed by atoms with Crippen LogP contribution in [-0.4, -0.2) is 65.6 Å². The van der Waals surface area contributed by atoms with Crippen molar-refractivity contribution in [1.29, 1.82) is 0 Å². The highest BCUT2D eigenvalue weighted by Gasteiger charge is 2.28. The van der Waals surface area contributed by atoms with E-state index in [4.69, 9.17) is 9.72 Å². The molecule has 8 nitrogen and oxygen atoms in total. The summed E-state index contributed by atoms with van der Waals surface area (Å²) in [7, 11) is 2.07. The van der Waals surface area contributed by atoms with E-state index >= 15 is 0 Å². The van der Waals surface area contributed by atoms with Crippen molar-refractivity contribution in [1.82, 2.24) is 19.8 Å². The van der Waals surface area contributed by atoms with Crippen molar-refractivity contribution in [3.63, 3.8) is 0 Å². The first-order chi connectivity index (χ1) is 17.4. The number of carbonyl (C=O) groups excluding carboxylic acids is 1. The summed E-state index contributed by atoms with van der Waals surface area (Å²) in [6.45, 7) is 6.00. The standard InChI is InChI=1S/C26H28F2N6O2/c1-17-3-5-18(6-4-17)29-26(35)34-10-9-23-20(16-34)24(36-19-7-8-21(27)22(28)15-19)31-25(30-23)33-13-11-32(2)12-14-33/h3-8,15H,9-14,16H2,1-2H3,(H,29,35). The lowest BCUT2D eigenvalue weighted by atomic mass is 10.1. The van der Waals surface area contributed by atoms with E-state index in [9.17, 15) is 13.6 Å². The molecule has 2 amide bonds. The summed E-state index contributed by atoms with van der Waals surface area (Å²) in [6.07, 6.45) is 0.522. The van der Waals surface area contributed by atoms with Crippen LogP contribution in [0.3, 0.4) is 0 Å². The molecule has 0 saturated carbocycles. The Kier molecular flexibility index (Phi) is 6.69. The number of hydrogen-bond donors (Lipinski definition) is 1. The molecule has 5 rings (SSSR count). The number of benzene rings is 2. The summed E-state index contributed by atoms with van der Waals surface area (Å²) in [5.74, 6) is -1.05. The minimum absolute atomic E-state index is 0.125. The fourth-order valence-electron chi connectivity index (χ4n) is 4.27. The molecule has 2 aliphatic rings. The van der Waals surface area contributed by atoms with Crippen LogP contribution >= 0.6 is 0 Å². The van der Waals surface area contributed by atoms with Gasteiger partial charge in [-0.25, -0.2) is 18.6 Å². The number of nitrogens with zero attached hydrogens (tertiary/aromatic N) is 5. The normalized spacial score (nSPS) is 16.0. The zero-order chi connectivity index (χ0) is 25.2. The molecule has 36 heavy (non-hydrogen) atoms. The largest absolute Gasteiger partial charge is 0.438 e. The molecular weight excluding hydrogens is 466 g/mol. The third-order valence-electron chi connectivity index (χ3n) is 6.49. The zero-order valence-electron chi connectivity index (χ0n) is 20.3. The van der Waals surface area contributed by atoms with Crippen molar-refractivity contribution in [2.75, 3.05) is 50.0 Å². The summed E-state index contributed by atoms with van der Waals surface area (Å²) in [5.41, 5.74) is 3.25. The van der Waals surface area contributed by atoms with Crippen LogP contribution in [-0.2, 0) is 13.0 Å². The number of halogens is 2. The number of urea groups is 1. The number of fused-ring (bicyclic) bond motifs is 1. The van der Waals surface area contributed by atoms with Crippen molar-refractivity contribution in [2.24, 2.45) is 0 Å². The van der Waals surface area contributed by atoms with Crippen molar-refractivity contribution in [3.8, 4) is 11.6 Å². The highest BCUT2D eigenvalue weighted by atomic mass is 19.2. The first-order valence-corrected chi connectivity index (χ1v) is 11.9. The number of carbonyl (C=O) groups is 1. The first kappa shape index (κ1) is 23.9. The number of ether oxygens (including phenoxy) is 1. The third-order valence-corrected chi connectivity index (χ3v) is 6.49. The van der Waals surface area contributed by atoms with E-state index in [1.54, 1.807) is 4.90 Å². The third kappa shape index (κ3) is 5.23. The number of nitrogens with one attached hydrogen (secondary N) is 1. The summed E-state index contributed by atoms with van der Waals surface area (Å²) < 4.78 is 33.3. The van der Waals surface area contributed by atoms with Gasteiger partial charge in [-0.15, -0.1) is 0 Å². The molecule has 1 saturated heterocycles. The number of rotatable bonds is 4. The SMILES string of the molecule is Cc1ccc(NC(=O)N2CCc3nc(N4CCN(C)CC4)nc(Oc4ccc(F)c(F)c4)c3C2)cc1.